The zero-order chi connectivity index (χ0) is 17.0. The van der Waals surface area contributed by atoms with Gasteiger partial charge in [0.05, 0.1) is 5.41 Å². The number of hydrogen-bond acceptors (Lipinski definition) is 2. The molecule has 0 N–H and O–H groups in total. The van der Waals surface area contributed by atoms with Gasteiger partial charge in [-0.1, -0.05) is 68.4 Å². The van der Waals surface area contributed by atoms with E-state index >= 15 is 0 Å². The molecule has 2 rings (SSSR count). The highest BCUT2D eigenvalue weighted by atomic mass is 16.2. The third kappa shape index (κ3) is 3.58. The first-order valence-electron chi connectivity index (χ1n) is 8.12. The molecule has 2 aromatic carbocycles. The van der Waals surface area contributed by atoms with Crippen LogP contribution < -0.4 is 0 Å². The molecule has 120 valence electrons. The summed E-state index contributed by atoms with van der Waals surface area (Å²) in [5.74, 6) is 0.189. The van der Waals surface area contributed by atoms with E-state index in [4.69, 9.17) is 0 Å². The summed E-state index contributed by atoms with van der Waals surface area (Å²) in [6.07, 6.45) is 1.06. The Morgan fingerprint density at radius 2 is 1.35 bits per heavy atom. The molecule has 0 amide bonds. The van der Waals surface area contributed by atoms with Crippen LogP contribution in [0.25, 0.3) is 0 Å². The Morgan fingerprint density at radius 1 is 0.870 bits per heavy atom. The summed E-state index contributed by atoms with van der Waals surface area (Å²) < 4.78 is 0. The van der Waals surface area contributed by atoms with Gasteiger partial charge in [0.1, 0.15) is 0 Å². The number of benzene rings is 2. The van der Waals surface area contributed by atoms with Crippen molar-refractivity contribution in [1.82, 2.24) is 0 Å². The average Bonchev–Trinajstić information content (AvgIpc) is 2.60. The summed E-state index contributed by atoms with van der Waals surface area (Å²) in [4.78, 5) is 25.5. The summed E-state index contributed by atoms with van der Waals surface area (Å²) in [6, 6.07) is 16.7. The maximum Gasteiger partial charge on any atom is 0.176 e. The maximum absolute atomic E-state index is 12.8. The highest BCUT2D eigenvalue weighted by molar-refractivity contribution is 6.19. The van der Waals surface area contributed by atoms with Crippen molar-refractivity contribution in [2.75, 3.05) is 0 Å². The Morgan fingerprint density at radius 3 is 1.83 bits per heavy atom. The van der Waals surface area contributed by atoms with Crippen molar-refractivity contribution < 1.29 is 9.59 Å². The fourth-order valence-corrected chi connectivity index (χ4v) is 2.61. The zero-order valence-corrected chi connectivity index (χ0v) is 14.3. The minimum absolute atomic E-state index is 0.137. The van der Waals surface area contributed by atoms with E-state index in [1.807, 2.05) is 42.5 Å². The lowest BCUT2D eigenvalue weighted by Crippen LogP contribution is -2.33. The van der Waals surface area contributed by atoms with Gasteiger partial charge in [-0.05, 0) is 31.7 Å². The van der Waals surface area contributed by atoms with Crippen molar-refractivity contribution in [3.05, 3.63) is 71.3 Å². The lowest BCUT2D eigenvalue weighted by atomic mass is 9.77. The second-order valence-electron chi connectivity index (χ2n) is 6.58. The van der Waals surface area contributed by atoms with E-state index < -0.39 is 5.41 Å². The molecule has 0 radical (unpaired) electrons. The largest absolute Gasteiger partial charge is 0.293 e. The number of Topliss-reactive ketones (excluding diaryl/α,β-unsaturated/α-hetero) is 2. The number of carbonyl (C=O) groups excluding carboxylic acids is 2. The van der Waals surface area contributed by atoms with Gasteiger partial charge in [-0.15, -0.1) is 0 Å². The van der Waals surface area contributed by atoms with Gasteiger partial charge in [0, 0.05) is 11.1 Å². The molecule has 1 unspecified atom stereocenters. The van der Waals surface area contributed by atoms with Gasteiger partial charge in [0.15, 0.2) is 11.6 Å². The zero-order valence-electron chi connectivity index (χ0n) is 14.3. The van der Waals surface area contributed by atoms with Crippen LogP contribution in [0.5, 0.6) is 0 Å². The van der Waals surface area contributed by atoms with Crippen molar-refractivity contribution in [2.45, 2.75) is 40.0 Å². The van der Waals surface area contributed by atoms with Gasteiger partial charge in [-0.2, -0.15) is 0 Å². The van der Waals surface area contributed by atoms with Gasteiger partial charge >= 0.3 is 0 Å². The van der Waals surface area contributed by atoms with E-state index in [-0.39, 0.29) is 11.6 Å². The molecule has 0 aromatic heterocycles. The molecule has 0 aliphatic heterocycles. The number of ketones is 2. The minimum Gasteiger partial charge on any atom is -0.293 e. The molecule has 2 aromatic rings. The van der Waals surface area contributed by atoms with Gasteiger partial charge in [-0.25, -0.2) is 0 Å². The van der Waals surface area contributed by atoms with Crippen molar-refractivity contribution in [1.29, 1.82) is 0 Å². The first-order chi connectivity index (χ1) is 10.9. The van der Waals surface area contributed by atoms with Crippen LogP contribution in [0.4, 0.5) is 0 Å². The summed E-state index contributed by atoms with van der Waals surface area (Å²) >= 11 is 0. The Hall–Kier alpha value is -2.22. The molecule has 1 atom stereocenters. The van der Waals surface area contributed by atoms with Crippen LogP contribution in [0, 0.1) is 5.41 Å². The molecule has 2 heteroatoms. The normalized spacial score (nSPS) is 12.7. The predicted molar refractivity (Wildman–Crippen MR) is 94.0 cm³/mol. The molecular formula is C21H24O2. The fourth-order valence-electron chi connectivity index (χ4n) is 2.61. The summed E-state index contributed by atoms with van der Waals surface area (Å²) in [6.45, 7) is 7.71. The number of carbonyl (C=O) groups is 2. The topological polar surface area (TPSA) is 34.1 Å². The molecule has 0 aliphatic rings. The second kappa shape index (κ2) is 6.91. The van der Waals surface area contributed by atoms with Crippen molar-refractivity contribution in [3.63, 3.8) is 0 Å². The Labute approximate surface area is 138 Å². The Balaban J connectivity index is 2.26. The van der Waals surface area contributed by atoms with E-state index in [2.05, 4.69) is 13.8 Å². The van der Waals surface area contributed by atoms with Gasteiger partial charge in [0.2, 0.25) is 0 Å². The van der Waals surface area contributed by atoms with Crippen LogP contribution in [0.1, 0.15) is 66.3 Å². The third-order valence-electron chi connectivity index (χ3n) is 4.53. The van der Waals surface area contributed by atoms with E-state index in [1.165, 1.54) is 5.56 Å². The molecule has 2 nitrogen and oxygen atoms in total. The van der Waals surface area contributed by atoms with E-state index in [0.717, 1.165) is 6.42 Å². The first-order valence-corrected chi connectivity index (χ1v) is 8.12. The molecule has 0 saturated heterocycles. The highest BCUT2D eigenvalue weighted by Gasteiger charge is 2.36. The van der Waals surface area contributed by atoms with Crippen LogP contribution in [0.3, 0.4) is 0 Å². The summed E-state index contributed by atoms with van der Waals surface area (Å²) in [5.41, 5.74) is 1.31. The molecular weight excluding hydrogens is 284 g/mol. The van der Waals surface area contributed by atoms with Crippen molar-refractivity contribution in [3.8, 4) is 0 Å². The minimum atomic E-state index is -1.07. The third-order valence-corrected chi connectivity index (χ3v) is 4.53. The molecule has 0 heterocycles. The molecule has 0 fully saturated rings. The lowest BCUT2D eigenvalue weighted by Gasteiger charge is -2.22. The molecule has 23 heavy (non-hydrogen) atoms. The Bertz CT molecular complexity index is 682. The van der Waals surface area contributed by atoms with E-state index in [9.17, 15) is 9.59 Å². The van der Waals surface area contributed by atoms with Crippen LogP contribution in [-0.2, 0) is 0 Å². The second-order valence-corrected chi connectivity index (χ2v) is 6.58. The summed E-state index contributed by atoms with van der Waals surface area (Å²) in [5, 5.41) is 0. The van der Waals surface area contributed by atoms with Crippen LogP contribution in [0.15, 0.2) is 54.6 Å². The van der Waals surface area contributed by atoms with Gasteiger partial charge in [0.25, 0.3) is 0 Å². The average molecular weight is 308 g/mol. The first kappa shape index (κ1) is 17.1. The smallest absolute Gasteiger partial charge is 0.176 e. The monoisotopic (exact) mass is 308 g/mol. The quantitative estimate of drug-likeness (QED) is 0.536. The molecule has 0 saturated carbocycles. The van der Waals surface area contributed by atoms with Crippen LogP contribution in [0.2, 0.25) is 0 Å². The van der Waals surface area contributed by atoms with Crippen LogP contribution in [-0.4, -0.2) is 11.6 Å². The molecule has 0 aliphatic carbocycles. The lowest BCUT2D eigenvalue weighted by molar-refractivity contribution is 0.0711. The van der Waals surface area contributed by atoms with Crippen molar-refractivity contribution >= 4 is 11.6 Å². The van der Waals surface area contributed by atoms with E-state index in [1.54, 1.807) is 26.0 Å². The standard InChI is InChI=1S/C21H24O2/c1-5-15(2)16-11-13-18(14-12-16)20(23)21(3,4)19(22)17-9-7-6-8-10-17/h6-15H,5H2,1-4H3. The van der Waals surface area contributed by atoms with Crippen molar-refractivity contribution in [2.24, 2.45) is 5.41 Å². The maximum atomic E-state index is 12.8. The Kier molecular flexibility index (Phi) is 5.15. The van der Waals surface area contributed by atoms with Gasteiger partial charge in [-0.3, -0.25) is 9.59 Å². The SMILES string of the molecule is CCC(C)c1ccc(C(=O)C(C)(C)C(=O)c2ccccc2)cc1. The highest BCUT2D eigenvalue weighted by Crippen LogP contribution is 2.28. The van der Waals surface area contributed by atoms with Crippen LogP contribution >= 0.6 is 0 Å². The van der Waals surface area contributed by atoms with E-state index in [0.29, 0.717) is 17.0 Å². The molecule has 0 spiro atoms. The number of rotatable bonds is 6. The molecule has 0 bridgehead atoms. The fraction of sp³-hybridized carbons (Fsp3) is 0.333. The summed E-state index contributed by atoms with van der Waals surface area (Å²) in [7, 11) is 0. The predicted octanol–water partition coefficient (Wildman–Crippen LogP) is 5.29. The van der Waals surface area contributed by atoms with Gasteiger partial charge < -0.3 is 0 Å². The number of hydrogen-bond donors (Lipinski definition) is 0.